The fourth-order valence-corrected chi connectivity index (χ4v) is 2.86. The molecule has 0 aliphatic carbocycles. The topological polar surface area (TPSA) is 15.3 Å². The van der Waals surface area contributed by atoms with E-state index in [0.29, 0.717) is 5.41 Å². The Morgan fingerprint density at radius 1 is 0.947 bits per heavy atom. The van der Waals surface area contributed by atoms with Crippen LogP contribution >= 0.6 is 0 Å². The smallest absolute Gasteiger partial charge is 0.00499 e. The molecule has 0 fully saturated rings. The maximum Gasteiger partial charge on any atom is 0.00499 e. The summed E-state index contributed by atoms with van der Waals surface area (Å²) in [5.41, 5.74) is 0.456. The van der Waals surface area contributed by atoms with Crippen LogP contribution in [0, 0.1) is 11.3 Å². The molecule has 0 bridgehead atoms. The first-order valence-corrected chi connectivity index (χ1v) is 8.54. The van der Waals surface area contributed by atoms with Crippen LogP contribution in [0.5, 0.6) is 0 Å². The third-order valence-corrected chi connectivity index (χ3v) is 4.93. The fraction of sp³-hybridized carbons (Fsp3) is 1.00. The van der Waals surface area contributed by atoms with Gasteiger partial charge in [-0.15, -0.1) is 0 Å². The number of hydrogen-bond acceptors (Lipinski definition) is 2. The Labute approximate surface area is 122 Å². The van der Waals surface area contributed by atoms with Crippen LogP contribution in [-0.2, 0) is 0 Å². The molecule has 0 aromatic heterocycles. The summed E-state index contributed by atoms with van der Waals surface area (Å²) in [4.78, 5) is 2.68. The second-order valence-electron chi connectivity index (χ2n) is 6.00. The molecule has 0 atom stereocenters. The molecule has 116 valence electrons. The molecule has 0 aliphatic rings. The van der Waals surface area contributed by atoms with Gasteiger partial charge in [0.1, 0.15) is 0 Å². The normalized spacial score (nSPS) is 12.6. The van der Waals surface area contributed by atoms with Crippen molar-refractivity contribution in [1.29, 1.82) is 0 Å². The summed E-state index contributed by atoms with van der Waals surface area (Å²) < 4.78 is 0. The van der Waals surface area contributed by atoms with E-state index < -0.39 is 0 Å². The van der Waals surface area contributed by atoms with Crippen LogP contribution < -0.4 is 5.32 Å². The molecule has 0 rings (SSSR count). The van der Waals surface area contributed by atoms with Crippen molar-refractivity contribution in [2.75, 3.05) is 32.7 Å². The van der Waals surface area contributed by atoms with Gasteiger partial charge >= 0.3 is 0 Å². The molecule has 0 spiro atoms. The molecule has 0 saturated heterocycles. The maximum atomic E-state index is 3.58. The highest BCUT2D eigenvalue weighted by molar-refractivity contribution is 4.83. The van der Waals surface area contributed by atoms with E-state index in [9.17, 15) is 0 Å². The first-order valence-electron chi connectivity index (χ1n) is 8.54. The van der Waals surface area contributed by atoms with Crippen LogP contribution in [0.1, 0.15) is 67.2 Å². The van der Waals surface area contributed by atoms with Crippen molar-refractivity contribution in [3.05, 3.63) is 0 Å². The summed E-state index contributed by atoms with van der Waals surface area (Å²) in [6, 6.07) is 0. The quantitative estimate of drug-likeness (QED) is 0.573. The molecular formula is C17H38N2. The van der Waals surface area contributed by atoms with Crippen molar-refractivity contribution in [2.24, 2.45) is 11.3 Å². The first kappa shape index (κ1) is 18.9. The number of rotatable bonds is 12. The minimum atomic E-state index is 0.456. The lowest BCUT2D eigenvalue weighted by atomic mass is 9.81. The summed E-state index contributed by atoms with van der Waals surface area (Å²) in [6.07, 6.45) is 5.17. The molecule has 0 heterocycles. The Morgan fingerprint density at radius 3 is 1.89 bits per heavy atom. The fourth-order valence-electron chi connectivity index (χ4n) is 2.86. The van der Waals surface area contributed by atoms with Gasteiger partial charge in [0.25, 0.3) is 0 Å². The Bertz CT molecular complexity index is 195. The highest BCUT2D eigenvalue weighted by Crippen LogP contribution is 2.27. The van der Waals surface area contributed by atoms with Gasteiger partial charge in [-0.2, -0.15) is 0 Å². The Balaban J connectivity index is 4.58. The van der Waals surface area contributed by atoms with Crippen LogP contribution in [0.2, 0.25) is 0 Å². The second-order valence-corrected chi connectivity index (χ2v) is 6.00. The lowest BCUT2D eigenvalue weighted by Gasteiger charge is -2.38. The van der Waals surface area contributed by atoms with Gasteiger partial charge in [-0.25, -0.2) is 0 Å². The average molecular weight is 271 g/mol. The van der Waals surface area contributed by atoms with Gasteiger partial charge in [0.15, 0.2) is 0 Å². The SMILES string of the molecule is CCNCC(CC)(CC)CN(CC)CC(CC)CC. The summed E-state index contributed by atoms with van der Waals surface area (Å²) in [7, 11) is 0. The highest BCUT2D eigenvalue weighted by atomic mass is 15.1. The van der Waals surface area contributed by atoms with Gasteiger partial charge in [-0.3, -0.25) is 0 Å². The maximum absolute atomic E-state index is 3.58. The average Bonchev–Trinajstić information content (AvgIpc) is 2.47. The van der Waals surface area contributed by atoms with E-state index >= 15 is 0 Å². The van der Waals surface area contributed by atoms with Crippen molar-refractivity contribution in [3.63, 3.8) is 0 Å². The molecule has 0 aliphatic heterocycles. The second kappa shape index (κ2) is 10.7. The summed E-state index contributed by atoms with van der Waals surface area (Å²) in [5, 5.41) is 3.58. The number of nitrogens with zero attached hydrogens (tertiary/aromatic N) is 1. The van der Waals surface area contributed by atoms with Crippen LogP contribution in [0.15, 0.2) is 0 Å². The van der Waals surface area contributed by atoms with Gasteiger partial charge in [0, 0.05) is 19.6 Å². The molecule has 2 nitrogen and oxygen atoms in total. The zero-order valence-electron chi connectivity index (χ0n) is 14.4. The van der Waals surface area contributed by atoms with E-state index in [1.165, 1.54) is 45.3 Å². The molecule has 0 saturated carbocycles. The monoisotopic (exact) mass is 270 g/mol. The van der Waals surface area contributed by atoms with E-state index in [1.54, 1.807) is 0 Å². The molecule has 0 aromatic rings. The predicted octanol–water partition coefficient (Wildman–Crippen LogP) is 4.16. The Hall–Kier alpha value is -0.0800. The van der Waals surface area contributed by atoms with Crippen molar-refractivity contribution in [3.8, 4) is 0 Å². The van der Waals surface area contributed by atoms with E-state index in [0.717, 1.165) is 19.0 Å². The van der Waals surface area contributed by atoms with Gasteiger partial charge in [0.05, 0.1) is 0 Å². The molecule has 0 unspecified atom stereocenters. The van der Waals surface area contributed by atoms with E-state index in [2.05, 4.69) is 51.8 Å². The van der Waals surface area contributed by atoms with Crippen LogP contribution in [0.3, 0.4) is 0 Å². The first-order chi connectivity index (χ1) is 9.11. The molecule has 1 N–H and O–H groups in total. The zero-order chi connectivity index (χ0) is 14.7. The van der Waals surface area contributed by atoms with Crippen LogP contribution in [0.4, 0.5) is 0 Å². The van der Waals surface area contributed by atoms with Crippen molar-refractivity contribution < 1.29 is 0 Å². The lowest BCUT2D eigenvalue weighted by molar-refractivity contribution is 0.122. The largest absolute Gasteiger partial charge is 0.316 e. The van der Waals surface area contributed by atoms with Crippen molar-refractivity contribution in [2.45, 2.75) is 67.2 Å². The standard InChI is InChI=1S/C17H38N2/c1-7-16(8-2)13-19(12-6)15-17(9-3,10-4)14-18-11-5/h16,18H,7-15H2,1-6H3. The van der Waals surface area contributed by atoms with Gasteiger partial charge in [-0.05, 0) is 37.3 Å². The van der Waals surface area contributed by atoms with Crippen LogP contribution in [0.25, 0.3) is 0 Å². The Kier molecular flexibility index (Phi) is 10.6. The van der Waals surface area contributed by atoms with E-state index in [-0.39, 0.29) is 0 Å². The summed E-state index contributed by atoms with van der Waals surface area (Å²) in [6.45, 7) is 19.8. The lowest BCUT2D eigenvalue weighted by Crippen LogP contribution is -2.45. The molecule has 0 aromatic carbocycles. The van der Waals surface area contributed by atoms with Gasteiger partial charge in [0.2, 0.25) is 0 Å². The van der Waals surface area contributed by atoms with E-state index in [1.807, 2.05) is 0 Å². The van der Waals surface area contributed by atoms with Crippen molar-refractivity contribution >= 4 is 0 Å². The molecule has 19 heavy (non-hydrogen) atoms. The molecule has 0 amide bonds. The number of nitrogens with one attached hydrogen (secondary N) is 1. The highest BCUT2D eigenvalue weighted by Gasteiger charge is 2.28. The van der Waals surface area contributed by atoms with E-state index in [4.69, 9.17) is 0 Å². The minimum absolute atomic E-state index is 0.456. The molecule has 2 heteroatoms. The summed E-state index contributed by atoms with van der Waals surface area (Å²) in [5.74, 6) is 0.866. The zero-order valence-corrected chi connectivity index (χ0v) is 14.4. The third-order valence-electron chi connectivity index (χ3n) is 4.93. The third kappa shape index (κ3) is 6.76. The Morgan fingerprint density at radius 2 is 1.53 bits per heavy atom. The van der Waals surface area contributed by atoms with Gasteiger partial charge in [-0.1, -0.05) is 54.4 Å². The van der Waals surface area contributed by atoms with Crippen molar-refractivity contribution in [1.82, 2.24) is 10.2 Å². The minimum Gasteiger partial charge on any atom is -0.316 e. The molecular weight excluding hydrogens is 232 g/mol. The van der Waals surface area contributed by atoms with Gasteiger partial charge < -0.3 is 10.2 Å². The number of hydrogen-bond donors (Lipinski definition) is 1. The summed E-state index contributed by atoms with van der Waals surface area (Å²) >= 11 is 0. The van der Waals surface area contributed by atoms with Crippen LogP contribution in [-0.4, -0.2) is 37.6 Å². The molecule has 0 radical (unpaired) electrons. The predicted molar refractivity (Wildman–Crippen MR) is 87.7 cm³/mol.